The van der Waals surface area contributed by atoms with E-state index in [4.69, 9.17) is 4.98 Å². The number of aromatic amines is 1. The van der Waals surface area contributed by atoms with Gasteiger partial charge < -0.3 is 4.98 Å². The quantitative estimate of drug-likeness (QED) is 0.531. The molecule has 1 atom stereocenters. The molecule has 0 bridgehead atoms. The molecule has 3 nitrogen and oxygen atoms in total. The Balaban J connectivity index is 1.78. The lowest BCUT2D eigenvalue weighted by Gasteiger charge is -2.28. The van der Waals surface area contributed by atoms with Crippen LogP contribution in [-0.4, -0.2) is 28.0 Å². The first-order valence-corrected chi connectivity index (χ1v) is 9.73. The first-order chi connectivity index (χ1) is 13.4. The fourth-order valence-electron chi connectivity index (χ4n) is 4.34. The third kappa shape index (κ3) is 2.94. The van der Waals surface area contributed by atoms with Crippen LogP contribution in [0.1, 0.15) is 30.1 Å². The molecule has 0 unspecified atom stereocenters. The van der Waals surface area contributed by atoms with Crippen LogP contribution in [0.4, 0.5) is 0 Å². The minimum atomic E-state index is 0.167. The number of rotatable bonds is 4. The summed E-state index contributed by atoms with van der Waals surface area (Å²) in [6, 6.07) is 25.7. The molecule has 1 aliphatic heterocycles. The number of likely N-dealkylation sites (tertiary alicyclic amines) is 1. The molecule has 1 saturated heterocycles. The summed E-state index contributed by atoms with van der Waals surface area (Å²) in [5.41, 5.74) is 6.09. The molecule has 3 heterocycles. The van der Waals surface area contributed by atoms with Gasteiger partial charge in [0.05, 0.1) is 17.4 Å². The highest BCUT2D eigenvalue weighted by molar-refractivity contribution is 5.91. The summed E-state index contributed by atoms with van der Waals surface area (Å²) < 4.78 is 0. The molecular weight excluding hydrogens is 330 g/mol. The SMILES string of the molecule is c1ccc(-c2[nH]c3ccccc3c2[C@@H](c2ccccn2)N2CCCC2)cc1. The minimum absolute atomic E-state index is 0.167. The van der Waals surface area contributed by atoms with E-state index in [9.17, 15) is 0 Å². The van der Waals surface area contributed by atoms with Crippen molar-refractivity contribution < 1.29 is 0 Å². The van der Waals surface area contributed by atoms with Gasteiger partial charge in [0, 0.05) is 22.7 Å². The molecule has 0 aliphatic carbocycles. The number of pyridine rings is 1. The third-order valence-corrected chi connectivity index (χ3v) is 5.56. The van der Waals surface area contributed by atoms with E-state index >= 15 is 0 Å². The van der Waals surface area contributed by atoms with Crippen LogP contribution in [0.2, 0.25) is 0 Å². The van der Waals surface area contributed by atoms with Crippen LogP contribution in [0, 0.1) is 0 Å². The Kier molecular flexibility index (Phi) is 4.23. The van der Waals surface area contributed by atoms with E-state index in [-0.39, 0.29) is 6.04 Å². The highest BCUT2D eigenvalue weighted by Crippen LogP contribution is 2.41. The number of para-hydroxylation sites is 1. The van der Waals surface area contributed by atoms with Crippen LogP contribution >= 0.6 is 0 Å². The van der Waals surface area contributed by atoms with Gasteiger partial charge in [-0.25, -0.2) is 0 Å². The van der Waals surface area contributed by atoms with Crippen molar-refractivity contribution in [2.24, 2.45) is 0 Å². The van der Waals surface area contributed by atoms with Gasteiger partial charge in [-0.3, -0.25) is 9.88 Å². The molecular formula is C24H23N3. The van der Waals surface area contributed by atoms with Crippen molar-refractivity contribution in [1.82, 2.24) is 14.9 Å². The molecule has 0 spiro atoms. The minimum Gasteiger partial charge on any atom is -0.354 e. The summed E-state index contributed by atoms with van der Waals surface area (Å²) >= 11 is 0. The molecule has 134 valence electrons. The number of fused-ring (bicyclic) bond motifs is 1. The highest BCUT2D eigenvalue weighted by Gasteiger charge is 2.30. The zero-order chi connectivity index (χ0) is 18.1. The van der Waals surface area contributed by atoms with Gasteiger partial charge in [0.2, 0.25) is 0 Å². The van der Waals surface area contributed by atoms with Crippen molar-refractivity contribution in [1.29, 1.82) is 0 Å². The standard InChI is InChI=1S/C24H23N3/c1-2-10-18(11-3-1)23-22(19-12-4-5-13-20(19)26-23)24(27-16-8-9-17-27)21-14-6-7-15-25-21/h1-7,10-15,24,26H,8-9,16-17H2/t24-/m1/s1. The van der Waals surface area contributed by atoms with Crippen LogP contribution in [0.5, 0.6) is 0 Å². The van der Waals surface area contributed by atoms with Gasteiger partial charge in [-0.1, -0.05) is 54.6 Å². The van der Waals surface area contributed by atoms with Gasteiger partial charge in [-0.05, 0) is 49.7 Å². The van der Waals surface area contributed by atoms with Gasteiger partial charge >= 0.3 is 0 Å². The van der Waals surface area contributed by atoms with E-state index in [0.29, 0.717) is 0 Å². The molecule has 1 N–H and O–H groups in total. The average molecular weight is 353 g/mol. The molecule has 4 aromatic rings. The maximum Gasteiger partial charge on any atom is 0.0803 e. The van der Waals surface area contributed by atoms with E-state index in [1.807, 2.05) is 12.3 Å². The molecule has 5 rings (SSSR count). The molecule has 2 aromatic carbocycles. The van der Waals surface area contributed by atoms with Crippen molar-refractivity contribution in [2.45, 2.75) is 18.9 Å². The van der Waals surface area contributed by atoms with Gasteiger partial charge in [0.25, 0.3) is 0 Å². The second kappa shape index (κ2) is 7.01. The second-order valence-electron chi connectivity index (χ2n) is 7.23. The number of aromatic nitrogens is 2. The van der Waals surface area contributed by atoms with E-state index < -0.39 is 0 Å². The Labute approximate surface area is 159 Å². The van der Waals surface area contributed by atoms with Crippen molar-refractivity contribution >= 4 is 10.9 Å². The monoisotopic (exact) mass is 353 g/mol. The highest BCUT2D eigenvalue weighted by atomic mass is 15.2. The van der Waals surface area contributed by atoms with Gasteiger partial charge in [-0.15, -0.1) is 0 Å². The van der Waals surface area contributed by atoms with Gasteiger partial charge in [-0.2, -0.15) is 0 Å². The lowest BCUT2D eigenvalue weighted by Crippen LogP contribution is -2.27. The molecule has 3 heteroatoms. The number of hydrogen-bond acceptors (Lipinski definition) is 2. The maximum absolute atomic E-state index is 4.77. The second-order valence-corrected chi connectivity index (χ2v) is 7.23. The largest absolute Gasteiger partial charge is 0.354 e. The van der Waals surface area contributed by atoms with Crippen LogP contribution < -0.4 is 0 Å². The summed E-state index contributed by atoms with van der Waals surface area (Å²) in [6.07, 6.45) is 4.42. The molecule has 0 saturated carbocycles. The Hall–Kier alpha value is -2.91. The summed E-state index contributed by atoms with van der Waals surface area (Å²) in [5, 5.41) is 1.29. The van der Waals surface area contributed by atoms with E-state index in [1.54, 1.807) is 0 Å². The summed E-state index contributed by atoms with van der Waals surface area (Å²) in [5.74, 6) is 0. The fourth-order valence-corrected chi connectivity index (χ4v) is 4.34. The number of nitrogens with zero attached hydrogens (tertiary/aromatic N) is 2. The summed E-state index contributed by atoms with van der Waals surface area (Å²) in [7, 11) is 0. The Bertz CT molecular complexity index is 1030. The maximum atomic E-state index is 4.77. The predicted octanol–water partition coefficient (Wildman–Crippen LogP) is 5.42. The van der Waals surface area contributed by atoms with E-state index in [1.165, 1.54) is 40.6 Å². The van der Waals surface area contributed by atoms with Crippen molar-refractivity contribution in [3.8, 4) is 11.3 Å². The molecule has 2 aromatic heterocycles. The zero-order valence-electron chi connectivity index (χ0n) is 15.3. The lowest BCUT2D eigenvalue weighted by atomic mass is 9.95. The Morgan fingerprint density at radius 3 is 2.33 bits per heavy atom. The van der Waals surface area contributed by atoms with Crippen LogP contribution in [0.25, 0.3) is 22.2 Å². The Morgan fingerprint density at radius 1 is 0.815 bits per heavy atom. The Morgan fingerprint density at radius 2 is 1.56 bits per heavy atom. The fraction of sp³-hybridized carbons (Fsp3) is 0.208. The lowest BCUT2D eigenvalue weighted by molar-refractivity contribution is 0.278. The number of nitrogens with one attached hydrogen (secondary N) is 1. The van der Waals surface area contributed by atoms with Crippen molar-refractivity contribution in [3.63, 3.8) is 0 Å². The molecule has 0 radical (unpaired) electrons. The van der Waals surface area contributed by atoms with Crippen LogP contribution in [-0.2, 0) is 0 Å². The topological polar surface area (TPSA) is 31.9 Å². The smallest absolute Gasteiger partial charge is 0.0803 e. The summed E-state index contributed by atoms with van der Waals surface area (Å²) in [4.78, 5) is 11.1. The van der Waals surface area contributed by atoms with Gasteiger partial charge in [0.1, 0.15) is 0 Å². The van der Waals surface area contributed by atoms with Crippen molar-refractivity contribution in [3.05, 3.63) is 90.3 Å². The van der Waals surface area contributed by atoms with Crippen LogP contribution in [0.3, 0.4) is 0 Å². The average Bonchev–Trinajstić information content (AvgIpc) is 3.39. The normalized spacial score (nSPS) is 16.0. The first kappa shape index (κ1) is 16.3. The van der Waals surface area contributed by atoms with Crippen LogP contribution in [0.15, 0.2) is 79.0 Å². The number of H-pyrrole nitrogens is 1. The molecule has 0 amide bonds. The predicted molar refractivity (Wildman–Crippen MR) is 111 cm³/mol. The van der Waals surface area contributed by atoms with Gasteiger partial charge in [0.15, 0.2) is 0 Å². The van der Waals surface area contributed by atoms with Crippen molar-refractivity contribution in [2.75, 3.05) is 13.1 Å². The summed E-state index contributed by atoms with van der Waals surface area (Å²) in [6.45, 7) is 2.24. The molecule has 1 aliphatic rings. The first-order valence-electron chi connectivity index (χ1n) is 9.73. The third-order valence-electron chi connectivity index (χ3n) is 5.56. The van der Waals surface area contributed by atoms with E-state index in [2.05, 4.69) is 76.6 Å². The number of hydrogen-bond donors (Lipinski definition) is 1. The molecule has 27 heavy (non-hydrogen) atoms. The van der Waals surface area contributed by atoms with E-state index in [0.717, 1.165) is 18.8 Å². The zero-order valence-corrected chi connectivity index (χ0v) is 15.3. The number of benzene rings is 2. The molecule has 1 fully saturated rings.